The lowest BCUT2D eigenvalue weighted by molar-refractivity contribution is -0.142. The summed E-state index contributed by atoms with van der Waals surface area (Å²) in [5, 5.41) is 2.35. The molecule has 0 fully saturated rings. The van der Waals surface area contributed by atoms with Crippen LogP contribution in [0.1, 0.15) is 44.9 Å². The first-order valence-electron chi connectivity index (χ1n) is 13.5. The average molecular weight is 705 g/mol. The Kier molecular flexibility index (Phi) is 11.4. The molecule has 0 unspecified atom stereocenters. The minimum absolute atomic E-state index is 0.0825. The number of esters is 1. The molecule has 0 saturated carbocycles. The van der Waals surface area contributed by atoms with E-state index in [9.17, 15) is 35.2 Å². The van der Waals surface area contributed by atoms with E-state index in [4.69, 9.17) is 16.3 Å². The maximum Gasteiger partial charge on any atom is 0.408 e. The Morgan fingerprint density at radius 2 is 1.52 bits per heavy atom. The number of nitrogens with zero attached hydrogens (tertiary/aromatic N) is 1. The van der Waals surface area contributed by atoms with Gasteiger partial charge in [0, 0.05) is 11.1 Å². The lowest BCUT2D eigenvalue weighted by Crippen LogP contribution is -2.47. The van der Waals surface area contributed by atoms with E-state index >= 15 is 4.39 Å². The molecule has 46 heavy (non-hydrogen) atoms. The van der Waals surface area contributed by atoms with Crippen molar-refractivity contribution in [1.29, 1.82) is 0 Å². The van der Waals surface area contributed by atoms with E-state index in [1.807, 2.05) is 0 Å². The Balaban J connectivity index is 2.09. The van der Waals surface area contributed by atoms with Crippen LogP contribution in [0.4, 0.5) is 23.7 Å². The molecule has 3 aromatic carbocycles. The fourth-order valence-corrected chi connectivity index (χ4v) is 7.80. The van der Waals surface area contributed by atoms with Gasteiger partial charge >= 0.3 is 12.1 Å². The highest BCUT2D eigenvalue weighted by atomic mass is 35.5. The molecule has 0 aliphatic rings. The van der Waals surface area contributed by atoms with Crippen LogP contribution in [-0.4, -0.2) is 53.4 Å². The third-order valence-electron chi connectivity index (χ3n) is 6.40. The third-order valence-corrected chi connectivity index (χ3v) is 10.1. The molecule has 0 spiro atoms. The van der Waals surface area contributed by atoms with Gasteiger partial charge in [-0.2, -0.15) is 0 Å². The number of rotatable bonds is 11. The summed E-state index contributed by atoms with van der Waals surface area (Å²) in [6, 6.07) is 6.75. The molecule has 3 aromatic rings. The first-order chi connectivity index (χ1) is 21.2. The first kappa shape index (κ1) is 36.6. The Hall–Kier alpha value is -3.82. The van der Waals surface area contributed by atoms with Crippen molar-refractivity contribution in [3.8, 4) is 0 Å². The molecule has 250 valence electrons. The Labute approximate surface area is 270 Å². The number of alkyl carbamates (subject to hydrolysis) is 1. The smallest absolute Gasteiger partial charge is 0.408 e. The number of amides is 1. The summed E-state index contributed by atoms with van der Waals surface area (Å²) in [7, 11) is -8.11. The second-order valence-corrected chi connectivity index (χ2v) is 15.5. The molecule has 3 rings (SSSR count). The first-order valence-corrected chi connectivity index (χ1v) is 17.2. The van der Waals surface area contributed by atoms with Crippen molar-refractivity contribution in [2.24, 2.45) is 0 Å². The van der Waals surface area contributed by atoms with E-state index in [-0.39, 0.29) is 21.0 Å². The molecular weight excluding hydrogens is 673 g/mol. The summed E-state index contributed by atoms with van der Waals surface area (Å²) in [4.78, 5) is 24.3. The number of hydrogen-bond donors (Lipinski definition) is 1. The van der Waals surface area contributed by atoms with Crippen molar-refractivity contribution < 1.29 is 49.1 Å². The van der Waals surface area contributed by atoms with Crippen molar-refractivity contribution in [2.75, 3.05) is 17.2 Å². The Bertz CT molecular complexity index is 1820. The average Bonchev–Trinajstić information content (AvgIpc) is 2.93. The lowest BCUT2D eigenvalue weighted by Gasteiger charge is -2.32. The number of sulfonamides is 1. The number of carbonyl (C=O) groups excluding carboxylic acids is 2. The molecule has 0 aromatic heterocycles. The van der Waals surface area contributed by atoms with E-state index in [0.717, 1.165) is 49.6 Å². The predicted molar refractivity (Wildman–Crippen MR) is 165 cm³/mol. The molecule has 0 heterocycles. The molecule has 2 atom stereocenters. The van der Waals surface area contributed by atoms with Crippen molar-refractivity contribution in [3.05, 3.63) is 94.3 Å². The summed E-state index contributed by atoms with van der Waals surface area (Å²) in [6.07, 6.45) is -1.10. The number of sulfone groups is 1. The standard InChI is InChI=1S/C30H32ClF3N2O8S2/c1-18(36(27-15-22(33)9-13-25(27)34)46(41,42)23-10-6-20(31)7-11-23)24-12-8-21(32)14-19(24)16-45(39,40)17-26(28(37)43-5)35-29(38)44-30(2,3)4/h6-15,18,26H,16-17H2,1-5H3,(H,35,38)/t18-,26+/m1/s1. The van der Waals surface area contributed by atoms with Crippen LogP contribution in [0.5, 0.6) is 0 Å². The van der Waals surface area contributed by atoms with Gasteiger partial charge < -0.3 is 14.8 Å². The topological polar surface area (TPSA) is 136 Å². The van der Waals surface area contributed by atoms with Gasteiger partial charge in [0.1, 0.15) is 29.1 Å². The van der Waals surface area contributed by atoms with Crippen LogP contribution < -0.4 is 9.62 Å². The van der Waals surface area contributed by atoms with Crippen LogP contribution in [0, 0.1) is 17.5 Å². The van der Waals surface area contributed by atoms with Gasteiger partial charge in [-0.15, -0.1) is 0 Å². The van der Waals surface area contributed by atoms with Gasteiger partial charge in [-0.05, 0) is 87.4 Å². The quantitative estimate of drug-likeness (QED) is 0.252. The van der Waals surface area contributed by atoms with Crippen molar-refractivity contribution >= 4 is 49.2 Å². The van der Waals surface area contributed by atoms with E-state index in [0.29, 0.717) is 10.4 Å². The molecule has 10 nitrogen and oxygen atoms in total. The maximum absolute atomic E-state index is 15.2. The summed E-state index contributed by atoms with van der Waals surface area (Å²) in [5.41, 5.74) is -2.01. The zero-order valence-corrected chi connectivity index (χ0v) is 27.8. The van der Waals surface area contributed by atoms with Crippen molar-refractivity contribution in [3.63, 3.8) is 0 Å². The van der Waals surface area contributed by atoms with E-state index in [2.05, 4.69) is 10.1 Å². The highest BCUT2D eigenvalue weighted by molar-refractivity contribution is 7.92. The highest BCUT2D eigenvalue weighted by Gasteiger charge is 2.35. The molecule has 1 N–H and O–H groups in total. The number of carbonyl (C=O) groups is 2. The fraction of sp³-hybridized carbons (Fsp3) is 0.333. The number of ether oxygens (including phenoxy) is 2. The number of benzene rings is 3. The number of hydrogen-bond acceptors (Lipinski definition) is 8. The predicted octanol–water partition coefficient (Wildman–Crippen LogP) is 5.69. The number of anilines is 1. The zero-order valence-electron chi connectivity index (χ0n) is 25.4. The minimum atomic E-state index is -4.69. The van der Waals surface area contributed by atoms with E-state index in [1.54, 1.807) is 20.8 Å². The fourth-order valence-electron chi connectivity index (χ4n) is 4.46. The summed E-state index contributed by atoms with van der Waals surface area (Å²) in [6.45, 7) is 5.93. The maximum atomic E-state index is 15.2. The lowest BCUT2D eigenvalue weighted by atomic mass is 10.0. The van der Waals surface area contributed by atoms with Gasteiger partial charge in [-0.25, -0.2) is 39.6 Å². The Morgan fingerprint density at radius 3 is 2.11 bits per heavy atom. The molecule has 0 saturated heterocycles. The summed E-state index contributed by atoms with van der Waals surface area (Å²) >= 11 is 5.91. The zero-order chi connectivity index (χ0) is 34.6. The van der Waals surface area contributed by atoms with Crippen molar-refractivity contribution in [1.82, 2.24) is 5.32 Å². The number of halogens is 4. The second-order valence-electron chi connectivity index (χ2n) is 11.1. The van der Waals surface area contributed by atoms with Crippen molar-refractivity contribution in [2.45, 2.75) is 56.0 Å². The molecular formula is C30H32ClF3N2O8S2. The second kappa shape index (κ2) is 14.3. The van der Waals surface area contributed by atoms with Gasteiger partial charge in [0.25, 0.3) is 10.0 Å². The molecule has 0 radical (unpaired) electrons. The Morgan fingerprint density at radius 1 is 0.935 bits per heavy atom. The van der Waals surface area contributed by atoms with Gasteiger partial charge in [0.05, 0.1) is 35.2 Å². The summed E-state index contributed by atoms with van der Waals surface area (Å²) < 4.78 is 109. The monoisotopic (exact) mass is 704 g/mol. The molecule has 0 bridgehead atoms. The van der Waals surface area contributed by atoms with Gasteiger partial charge in [-0.3, -0.25) is 4.31 Å². The molecule has 0 aliphatic heterocycles. The number of nitrogens with one attached hydrogen (secondary N) is 1. The largest absolute Gasteiger partial charge is 0.467 e. The normalized spacial score (nSPS) is 13.4. The molecule has 1 amide bonds. The highest BCUT2D eigenvalue weighted by Crippen LogP contribution is 2.37. The van der Waals surface area contributed by atoms with Gasteiger partial charge in [-0.1, -0.05) is 17.7 Å². The summed E-state index contributed by atoms with van der Waals surface area (Å²) in [5.74, 6) is -6.03. The third kappa shape index (κ3) is 9.36. The number of methoxy groups -OCH3 is 1. The minimum Gasteiger partial charge on any atom is -0.467 e. The van der Waals surface area contributed by atoms with Crippen LogP contribution in [0.25, 0.3) is 0 Å². The van der Waals surface area contributed by atoms with E-state index in [1.165, 1.54) is 19.1 Å². The van der Waals surface area contributed by atoms with Crippen LogP contribution >= 0.6 is 11.6 Å². The van der Waals surface area contributed by atoms with Crippen LogP contribution in [-0.2, 0) is 39.9 Å². The van der Waals surface area contributed by atoms with Gasteiger partial charge in [0.2, 0.25) is 0 Å². The van der Waals surface area contributed by atoms with E-state index < -0.39 is 84.3 Å². The van der Waals surface area contributed by atoms with Crippen LogP contribution in [0.3, 0.4) is 0 Å². The molecule has 0 aliphatic carbocycles. The van der Waals surface area contributed by atoms with Crippen LogP contribution in [0.15, 0.2) is 65.6 Å². The SMILES string of the molecule is COC(=O)[C@H](CS(=O)(=O)Cc1cc(F)ccc1[C@@H](C)N(c1cc(F)ccc1F)S(=O)(=O)c1ccc(Cl)cc1)NC(=O)OC(C)(C)C. The van der Waals surface area contributed by atoms with Gasteiger partial charge in [0.15, 0.2) is 9.84 Å². The molecule has 16 heteroatoms. The van der Waals surface area contributed by atoms with Crippen LogP contribution in [0.2, 0.25) is 5.02 Å².